The second-order valence-electron chi connectivity index (χ2n) is 4.15. The first kappa shape index (κ1) is 11.7. The highest BCUT2D eigenvalue weighted by atomic mass is 16.5. The quantitative estimate of drug-likeness (QED) is 0.841. The third-order valence-electron chi connectivity index (χ3n) is 3.04. The molecule has 3 heterocycles. The Morgan fingerprint density at radius 1 is 1.26 bits per heavy atom. The standard InChI is InChI=1S/C11H15N7O/c1-12-9-14-10(16-11(15-9)19-2)18-6-5-17-4-3-13-8(17)7-18/h3-4H,5-7H2,1-2H3,(H,12,14,15,16). The smallest absolute Gasteiger partial charge is 0.322 e. The molecule has 2 aromatic rings. The zero-order valence-electron chi connectivity index (χ0n) is 10.9. The minimum absolute atomic E-state index is 0.309. The van der Waals surface area contributed by atoms with Crippen molar-refractivity contribution in [3.8, 4) is 6.01 Å². The van der Waals surface area contributed by atoms with Gasteiger partial charge in [-0.1, -0.05) is 0 Å². The number of anilines is 2. The van der Waals surface area contributed by atoms with Crippen molar-refractivity contribution in [3.05, 3.63) is 18.2 Å². The molecule has 0 aliphatic carbocycles. The second-order valence-corrected chi connectivity index (χ2v) is 4.15. The number of methoxy groups -OCH3 is 1. The van der Waals surface area contributed by atoms with Gasteiger partial charge in [-0.05, 0) is 0 Å². The van der Waals surface area contributed by atoms with Crippen LogP contribution < -0.4 is 15.0 Å². The van der Waals surface area contributed by atoms with Gasteiger partial charge in [0, 0.05) is 32.5 Å². The van der Waals surface area contributed by atoms with Crippen LogP contribution in [0.1, 0.15) is 5.82 Å². The predicted molar refractivity (Wildman–Crippen MR) is 69.2 cm³/mol. The Morgan fingerprint density at radius 2 is 2.16 bits per heavy atom. The van der Waals surface area contributed by atoms with Gasteiger partial charge in [-0.3, -0.25) is 0 Å². The van der Waals surface area contributed by atoms with Gasteiger partial charge in [0.2, 0.25) is 11.9 Å². The summed E-state index contributed by atoms with van der Waals surface area (Å²) in [5, 5.41) is 2.91. The summed E-state index contributed by atoms with van der Waals surface area (Å²) in [6, 6.07) is 0.309. The van der Waals surface area contributed by atoms with Gasteiger partial charge in [0.1, 0.15) is 5.82 Å². The maximum Gasteiger partial charge on any atom is 0.322 e. The van der Waals surface area contributed by atoms with E-state index in [4.69, 9.17) is 4.74 Å². The molecule has 0 saturated heterocycles. The molecule has 1 aliphatic rings. The molecule has 1 aliphatic heterocycles. The Hall–Kier alpha value is -2.38. The van der Waals surface area contributed by atoms with Crippen molar-refractivity contribution in [2.45, 2.75) is 13.1 Å². The van der Waals surface area contributed by atoms with Crippen molar-refractivity contribution in [2.75, 3.05) is 30.9 Å². The normalized spacial score (nSPS) is 14.1. The number of imidazole rings is 1. The van der Waals surface area contributed by atoms with E-state index in [1.165, 1.54) is 0 Å². The van der Waals surface area contributed by atoms with E-state index in [0.717, 1.165) is 18.9 Å². The first-order chi connectivity index (χ1) is 9.30. The van der Waals surface area contributed by atoms with E-state index in [-0.39, 0.29) is 0 Å². The van der Waals surface area contributed by atoms with Crippen LogP contribution in [0.15, 0.2) is 12.4 Å². The number of fused-ring (bicyclic) bond motifs is 1. The molecule has 0 unspecified atom stereocenters. The zero-order valence-corrected chi connectivity index (χ0v) is 10.9. The molecular formula is C11H15N7O. The van der Waals surface area contributed by atoms with Crippen molar-refractivity contribution < 1.29 is 4.74 Å². The summed E-state index contributed by atoms with van der Waals surface area (Å²) in [4.78, 5) is 19.1. The summed E-state index contributed by atoms with van der Waals surface area (Å²) in [6.45, 7) is 2.39. The van der Waals surface area contributed by atoms with Crippen LogP contribution in [0.2, 0.25) is 0 Å². The molecule has 0 radical (unpaired) electrons. The topological polar surface area (TPSA) is 81.0 Å². The van der Waals surface area contributed by atoms with Gasteiger partial charge in [0.05, 0.1) is 13.7 Å². The third kappa shape index (κ3) is 2.16. The Kier molecular flexibility index (Phi) is 2.90. The third-order valence-corrected chi connectivity index (χ3v) is 3.04. The van der Waals surface area contributed by atoms with Gasteiger partial charge < -0.3 is 19.5 Å². The molecule has 1 N–H and O–H groups in total. The summed E-state index contributed by atoms with van der Waals surface area (Å²) < 4.78 is 7.23. The number of aromatic nitrogens is 5. The Balaban J connectivity index is 1.90. The Labute approximate surface area is 110 Å². The maximum atomic E-state index is 5.09. The van der Waals surface area contributed by atoms with Crippen LogP contribution in [0.25, 0.3) is 0 Å². The van der Waals surface area contributed by atoms with Gasteiger partial charge in [0.15, 0.2) is 0 Å². The Bertz CT molecular complexity index is 560. The van der Waals surface area contributed by atoms with E-state index in [1.54, 1.807) is 14.2 Å². The molecule has 0 bridgehead atoms. The molecular weight excluding hydrogens is 246 g/mol. The molecule has 2 aromatic heterocycles. The highest BCUT2D eigenvalue weighted by Crippen LogP contribution is 2.19. The van der Waals surface area contributed by atoms with Gasteiger partial charge in [-0.2, -0.15) is 15.0 Å². The van der Waals surface area contributed by atoms with Crippen LogP contribution in [0, 0.1) is 0 Å². The van der Waals surface area contributed by atoms with E-state index in [2.05, 4.69) is 34.7 Å². The minimum atomic E-state index is 0.309. The molecule has 0 amide bonds. The fourth-order valence-corrected chi connectivity index (χ4v) is 2.03. The summed E-state index contributed by atoms with van der Waals surface area (Å²) in [6.07, 6.45) is 3.80. The fraction of sp³-hybridized carbons (Fsp3) is 0.455. The van der Waals surface area contributed by atoms with E-state index < -0.39 is 0 Å². The van der Waals surface area contributed by atoms with Crippen LogP contribution >= 0.6 is 0 Å². The number of ether oxygens (including phenoxy) is 1. The summed E-state index contributed by atoms with van der Waals surface area (Å²) >= 11 is 0. The average Bonchev–Trinajstić information content (AvgIpc) is 2.94. The van der Waals surface area contributed by atoms with Crippen LogP contribution in [-0.2, 0) is 13.1 Å². The summed E-state index contributed by atoms with van der Waals surface area (Å²) in [5.41, 5.74) is 0. The fourth-order valence-electron chi connectivity index (χ4n) is 2.03. The lowest BCUT2D eigenvalue weighted by Gasteiger charge is -2.27. The molecule has 0 saturated carbocycles. The van der Waals surface area contributed by atoms with E-state index in [1.807, 2.05) is 12.4 Å². The largest absolute Gasteiger partial charge is 0.467 e. The number of nitrogens with zero attached hydrogens (tertiary/aromatic N) is 6. The lowest BCUT2D eigenvalue weighted by Crippen LogP contribution is -2.35. The summed E-state index contributed by atoms with van der Waals surface area (Å²) in [5.74, 6) is 2.11. The molecule has 0 spiro atoms. The minimum Gasteiger partial charge on any atom is -0.467 e. The van der Waals surface area contributed by atoms with E-state index in [9.17, 15) is 0 Å². The number of nitrogens with one attached hydrogen (secondary N) is 1. The average molecular weight is 261 g/mol. The zero-order chi connectivity index (χ0) is 13.2. The molecule has 0 aromatic carbocycles. The van der Waals surface area contributed by atoms with Crippen LogP contribution in [-0.4, -0.2) is 45.2 Å². The van der Waals surface area contributed by atoms with Crippen LogP contribution in [0.5, 0.6) is 6.01 Å². The molecule has 3 rings (SSSR count). The van der Waals surface area contributed by atoms with Crippen molar-refractivity contribution >= 4 is 11.9 Å². The van der Waals surface area contributed by atoms with Crippen molar-refractivity contribution in [3.63, 3.8) is 0 Å². The van der Waals surface area contributed by atoms with E-state index >= 15 is 0 Å². The van der Waals surface area contributed by atoms with Crippen LogP contribution in [0.3, 0.4) is 0 Å². The highest BCUT2D eigenvalue weighted by molar-refractivity contribution is 5.38. The predicted octanol–water partition coefficient (Wildman–Crippen LogP) is 0.139. The molecule has 100 valence electrons. The second kappa shape index (κ2) is 4.71. The maximum absolute atomic E-state index is 5.09. The summed E-state index contributed by atoms with van der Waals surface area (Å²) in [7, 11) is 3.31. The molecule has 0 fully saturated rings. The lowest BCUT2D eigenvalue weighted by atomic mass is 10.4. The lowest BCUT2D eigenvalue weighted by molar-refractivity contribution is 0.378. The van der Waals surface area contributed by atoms with Gasteiger partial charge >= 0.3 is 6.01 Å². The number of hydrogen-bond acceptors (Lipinski definition) is 7. The van der Waals surface area contributed by atoms with Crippen molar-refractivity contribution in [2.24, 2.45) is 0 Å². The van der Waals surface area contributed by atoms with Gasteiger partial charge in [-0.15, -0.1) is 0 Å². The molecule has 0 atom stereocenters. The first-order valence-corrected chi connectivity index (χ1v) is 6.03. The monoisotopic (exact) mass is 261 g/mol. The van der Waals surface area contributed by atoms with Crippen molar-refractivity contribution in [1.82, 2.24) is 24.5 Å². The number of rotatable bonds is 3. The highest BCUT2D eigenvalue weighted by Gasteiger charge is 2.20. The van der Waals surface area contributed by atoms with Crippen LogP contribution in [0.4, 0.5) is 11.9 Å². The molecule has 8 heteroatoms. The molecule has 8 nitrogen and oxygen atoms in total. The van der Waals surface area contributed by atoms with Crippen molar-refractivity contribution in [1.29, 1.82) is 0 Å². The SMILES string of the molecule is CNc1nc(OC)nc(N2CCn3ccnc3C2)n1. The first-order valence-electron chi connectivity index (χ1n) is 6.03. The Morgan fingerprint density at radius 3 is 2.95 bits per heavy atom. The number of hydrogen-bond donors (Lipinski definition) is 1. The van der Waals surface area contributed by atoms with E-state index in [0.29, 0.717) is 24.5 Å². The van der Waals surface area contributed by atoms with Gasteiger partial charge in [0.25, 0.3) is 0 Å². The molecule has 19 heavy (non-hydrogen) atoms. The van der Waals surface area contributed by atoms with Gasteiger partial charge in [-0.25, -0.2) is 4.98 Å².